The zero-order valence-corrected chi connectivity index (χ0v) is 19.3. The van der Waals surface area contributed by atoms with Gasteiger partial charge in [0.15, 0.2) is 4.34 Å². The lowest BCUT2D eigenvalue weighted by Gasteiger charge is -2.29. The zero-order valence-electron chi connectivity index (χ0n) is 16.9. The van der Waals surface area contributed by atoms with Crippen LogP contribution in [0.3, 0.4) is 0 Å². The van der Waals surface area contributed by atoms with E-state index >= 15 is 0 Å². The summed E-state index contributed by atoms with van der Waals surface area (Å²) >= 11 is 2.68. The Hall–Kier alpha value is -2.50. The molecule has 0 unspecified atom stereocenters. The number of halogens is 1. The lowest BCUT2D eigenvalue weighted by atomic mass is 10.2. The number of sulfonamides is 1. The predicted octanol–water partition coefficient (Wildman–Crippen LogP) is 4.15. The predicted molar refractivity (Wildman–Crippen MR) is 122 cm³/mol. The number of anilines is 2. The first-order valence-corrected chi connectivity index (χ1v) is 13.0. The molecule has 0 radical (unpaired) electrons. The summed E-state index contributed by atoms with van der Waals surface area (Å²) in [7, 11) is -3.93. The molecule has 0 bridgehead atoms. The maximum atomic E-state index is 14.3. The summed E-state index contributed by atoms with van der Waals surface area (Å²) in [6.45, 7) is 1.66. The third-order valence-electron chi connectivity index (χ3n) is 4.26. The molecule has 0 saturated heterocycles. The van der Waals surface area contributed by atoms with E-state index in [1.54, 1.807) is 6.92 Å². The number of hydrogen-bond donors (Lipinski definition) is 1. The van der Waals surface area contributed by atoms with Crippen molar-refractivity contribution in [1.82, 2.24) is 10.2 Å². The molecular weight excluding hydrogens is 459 g/mol. The van der Waals surface area contributed by atoms with Crippen molar-refractivity contribution in [1.29, 1.82) is 0 Å². The third-order valence-corrected chi connectivity index (χ3v) is 7.47. The van der Waals surface area contributed by atoms with Gasteiger partial charge in [-0.25, -0.2) is 12.8 Å². The highest BCUT2D eigenvalue weighted by atomic mass is 32.2. The zero-order chi connectivity index (χ0) is 22.4. The molecule has 7 nitrogen and oxygen atoms in total. The fourth-order valence-corrected chi connectivity index (χ4v) is 5.82. The lowest BCUT2D eigenvalue weighted by Crippen LogP contribution is -2.47. The first-order valence-electron chi connectivity index (χ1n) is 9.34. The van der Waals surface area contributed by atoms with Crippen molar-refractivity contribution < 1.29 is 17.6 Å². The largest absolute Gasteiger partial charge is 0.299 e. The number of thioether (sulfide) groups is 1. The number of rotatable bonds is 9. The molecule has 1 heterocycles. The second-order valence-corrected chi connectivity index (χ2v) is 10.6. The van der Waals surface area contributed by atoms with E-state index in [9.17, 15) is 17.6 Å². The van der Waals surface area contributed by atoms with Gasteiger partial charge in [-0.2, -0.15) is 0 Å². The van der Waals surface area contributed by atoms with Crippen LogP contribution in [0.4, 0.5) is 15.2 Å². The van der Waals surface area contributed by atoms with E-state index in [0.29, 0.717) is 10.1 Å². The van der Waals surface area contributed by atoms with Crippen LogP contribution in [0.15, 0.2) is 58.9 Å². The molecule has 0 aliphatic carbocycles. The molecule has 0 saturated carbocycles. The Bertz CT molecular complexity index is 1140. The number of para-hydroxylation sites is 1. The Morgan fingerprint density at radius 2 is 1.84 bits per heavy atom. The molecule has 2 aromatic carbocycles. The highest BCUT2D eigenvalue weighted by Crippen LogP contribution is 2.30. The molecule has 1 amide bonds. The van der Waals surface area contributed by atoms with E-state index in [1.807, 2.05) is 30.3 Å². The third kappa shape index (κ3) is 6.02. The van der Waals surface area contributed by atoms with E-state index in [1.165, 1.54) is 41.3 Å². The number of benzene rings is 2. The molecule has 1 atom stereocenters. The number of hydrogen-bond acceptors (Lipinski definition) is 7. The SMILES string of the molecule is CC[C@H](C(=O)Nc1nnc(SCc2ccccc2)s1)N(c1ccccc1F)S(C)(=O)=O. The summed E-state index contributed by atoms with van der Waals surface area (Å²) in [4.78, 5) is 12.9. The highest BCUT2D eigenvalue weighted by molar-refractivity contribution is 8.00. The van der Waals surface area contributed by atoms with Crippen LogP contribution in [0, 0.1) is 5.82 Å². The quantitative estimate of drug-likeness (QED) is 0.365. The lowest BCUT2D eigenvalue weighted by molar-refractivity contribution is -0.117. The fourth-order valence-electron chi connectivity index (χ4n) is 2.89. The van der Waals surface area contributed by atoms with Crippen LogP contribution in [-0.4, -0.2) is 36.8 Å². The molecule has 0 aliphatic heterocycles. The van der Waals surface area contributed by atoms with Crippen molar-refractivity contribution in [3.63, 3.8) is 0 Å². The van der Waals surface area contributed by atoms with Crippen LogP contribution in [-0.2, 0) is 20.6 Å². The number of aromatic nitrogens is 2. The summed E-state index contributed by atoms with van der Waals surface area (Å²) in [6.07, 6.45) is 1.08. The summed E-state index contributed by atoms with van der Waals surface area (Å²) in [5.41, 5.74) is 0.955. The van der Waals surface area contributed by atoms with Gasteiger partial charge in [0.05, 0.1) is 11.9 Å². The van der Waals surface area contributed by atoms with E-state index in [0.717, 1.165) is 22.2 Å². The Morgan fingerprint density at radius 1 is 1.16 bits per heavy atom. The van der Waals surface area contributed by atoms with Crippen LogP contribution in [0.5, 0.6) is 0 Å². The average molecular weight is 481 g/mol. The maximum Gasteiger partial charge on any atom is 0.250 e. The number of amides is 1. The minimum absolute atomic E-state index is 0.141. The summed E-state index contributed by atoms with van der Waals surface area (Å²) in [6, 6.07) is 14.2. The van der Waals surface area contributed by atoms with Crippen LogP contribution in [0.2, 0.25) is 0 Å². The molecule has 11 heteroatoms. The number of nitrogens with one attached hydrogen (secondary N) is 1. The average Bonchev–Trinajstić information content (AvgIpc) is 3.18. The summed E-state index contributed by atoms with van der Waals surface area (Å²) < 4.78 is 40.6. The Labute approximate surface area is 188 Å². The molecule has 3 rings (SSSR count). The van der Waals surface area contributed by atoms with Gasteiger partial charge in [-0.1, -0.05) is 72.5 Å². The first-order chi connectivity index (χ1) is 14.8. The number of carbonyl (C=O) groups excluding carboxylic acids is 1. The van der Waals surface area contributed by atoms with Crippen molar-refractivity contribution >= 4 is 49.8 Å². The van der Waals surface area contributed by atoms with E-state index in [-0.39, 0.29) is 17.2 Å². The Balaban J connectivity index is 1.74. The molecule has 1 N–H and O–H groups in total. The van der Waals surface area contributed by atoms with Gasteiger partial charge < -0.3 is 0 Å². The fraction of sp³-hybridized carbons (Fsp3) is 0.250. The number of nitrogens with zero attached hydrogens (tertiary/aromatic N) is 3. The molecular formula is C20H21FN4O3S3. The van der Waals surface area contributed by atoms with Gasteiger partial charge in [0, 0.05) is 5.75 Å². The summed E-state index contributed by atoms with van der Waals surface area (Å²) in [5, 5.41) is 10.9. The first kappa shape index (κ1) is 23.2. The molecule has 0 aliphatic rings. The van der Waals surface area contributed by atoms with Crippen molar-refractivity contribution in [2.75, 3.05) is 15.9 Å². The van der Waals surface area contributed by atoms with Crippen LogP contribution in [0.1, 0.15) is 18.9 Å². The minimum Gasteiger partial charge on any atom is -0.299 e. The number of carbonyl (C=O) groups is 1. The van der Waals surface area contributed by atoms with Gasteiger partial charge in [-0.15, -0.1) is 10.2 Å². The monoisotopic (exact) mass is 480 g/mol. The molecule has 0 fully saturated rings. The Kier molecular flexibility index (Phi) is 7.63. The van der Waals surface area contributed by atoms with E-state index in [4.69, 9.17) is 0 Å². The van der Waals surface area contributed by atoms with Crippen LogP contribution in [0.25, 0.3) is 0 Å². The Morgan fingerprint density at radius 3 is 2.48 bits per heavy atom. The molecule has 0 spiro atoms. The topological polar surface area (TPSA) is 92.3 Å². The molecule has 31 heavy (non-hydrogen) atoms. The minimum atomic E-state index is -3.93. The second-order valence-electron chi connectivity index (χ2n) is 6.57. The van der Waals surface area contributed by atoms with Gasteiger partial charge in [0.25, 0.3) is 0 Å². The van der Waals surface area contributed by atoms with Gasteiger partial charge in [-0.3, -0.25) is 14.4 Å². The normalized spacial score (nSPS) is 12.4. The van der Waals surface area contributed by atoms with Crippen molar-refractivity contribution in [2.24, 2.45) is 0 Å². The van der Waals surface area contributed by atoms with Crippen LogP contribution >= 0.6 is 23.1 Å². The standard InChI is InChI=1S/C20H21FN4O3S3/c1-3-16(25(31(2,27)28)17-12-8-7-11-15(17)21)18(26)22-19-23-24-20(30-19)29-13-14-9-5-4-6-10-14/h4-12,16H,3,13H2,1-2H3,(H,22,23,26)/t16-/m1/s1. The van der Waals surface area contributed by atoms with Gasteiger partial charge >= 0.3 is 0 Å². The van der Waals surface area contributed by atoms with Crippen molar-refractivity contribution in [3.05, 3.63) is 66.0 Å². The second kappa shape index (κ2) is 10.2. The van der Waals surface area contributed by atoms with Gasteiger partial charge in [0.1, 0.15) is 11.9 Å². The molecule has 1 aromatic heterocycles. The van der Waals surface area contributed by atoms with Crippen molar-refractivity contribution in [2.45, 2.75) is 29.5 Å². The van der Waals surface area contributed by atoms with Crippen molar-refractivity contribution in [3.8, 4) is 0 Å². The van der Waals surface area contributed by atoms with Gasteiger partial charge in [-0.05, 0) is 24.1 Å². The molecule has 164 valence electrons. The summed E-state index contributed by atoms with van der Waals surface area (Å²) in [5.74, 6) is -0.627. The van der Waals surface area contributed by atoms with Crippen LogP contribution < -0.4 is 9.62 Å². The maximum absolute atomic E-state index is 14.3. The smallest absolute Gasteiger partial charge is 0.250 e. The van der Waals surface area contributed by atoms with E-state index in [2.05, 4.69) is 15.5 Å². The highest BCUT2D eigenvalue weighted by Gasteiger charge is 2.33. The molecule has 3 aromatic rings. The van der Waals surface area contributed by atoms with Gasteiger partial charge in [0.2, 0.25) is 21.1 Å². The van der Waals surface area contributed by atoms with E-state index < -0.39 is 27.8 Å².